The smallest absolute Gasteiger partial charge is 0.306 e. The molecule has 0 N–H and O–H groups in total. The van der Waals surface area contributed by atoms with Crippen LogP contribution in [0, 0.1) is 0 Å². The molecule has 1 atom stereocenters. The summed E-state index contributed by atoms with van der Waals surface area (Å²) in [7, 11) is 0. The Kier molecular flexibility index (Phi) is 43.6. The molecule has 0 saturated heterocycles. The molecule has 0 bridgehead atoms. The highest BCUT2D eigenvalue weighted by Crippen LogP contribution is 2.13. The van der Waals surface area contributed by atoms with Gasteiger partial charge in [-0.05, 0) is 89.9 Å². The van der Waals surface area contributed by atoms with Crippen molar-refractivity contribution < 1.29 is 28.6 Å². The second-order valence-electron chi connectivity index (χ2n) is 15.4. The van der Waals surface area contributed by atoms with Crippen LogP contribution in [0.15, 0.2) is 85.1 Å². The van der Waals surface area contributed by atoms with Gasteiger partial charge in [0.1, 0.15) is 13.2 Å². The van der Waals surface area contributed by atoms with Crippen molar-refractivity contribution in [2.24, 2.45) is 0 Å². The van der Waals surface area contributed by atoms with Gasteiger partial charge in [0.15, 0.2) is 6.10 Å². The number of carbonyl (C=O) groups is 3. The number of carbonyl (C=O) groups excluding carboxylic acids is 3. The zero-order valence-corrected chi connectivity index (χ0v) is 37.5. The van der Waals surface area contributed by atoms with Crippen LogP contribution in [-0.2, 0) is 28.6 Å². The SMILES string of the molecule is CC\C=C/C=C\C=C/C=C\CCCCCC(=O)OC(COC(=O)CCCCCC/C=C\CCCC)COC(=O)CCCCCCCCC/C=C\C/C=C\CCCCC. The summed E-state index contributed by atoms with van der Waals surface area (Å²) in [5, 5.41) is 0. The first-order valence-corrected chi connectivity index (χ1v) is 23.6. The van der Waals surface area contributed by atoms with E-state index in [9.17, 15) is 14.4 Å². The van der Waals surface area contributed by atoms with Crippen molar-refractivity contribution in [2.75, 3.05) is 13.2 Å². The molecule has 0 rings (SSSR count). The molecule has 0 aliphatic carbocycles. The van der Waals surface area contributed by atoms with Crippen molar-refractivity contribution in [1.82, 2.24) is 0 Å². The fourth-order valence-corrected chi connectivity index (χ4v) is 6.11. The third-order valence-electron chi connectivity index (χ3n) is 9.70. The Bertz CT molecular complexity index is 1160. The molecule has 0 aromatic rings. The second kappa shape index (κ2) is 46.3. The lowest BCUT2D eigenvalue weighted by molar-refractivity contribution is -0.167. The number of ether oxygens (including phenoxy) is 3. The first kappa shape index (κ1) is 54.6. The molecule has 6 nitrogen and oxygen atoms in total. The summed E-state index contributed by atoms with van der Waals surface area (Å²) in [5.41, 5.74) is 0. The maximum Gasteiger partial charge on any atom is 0.306 e. The minimum absolute atomic E-state index is 0.101. The van der Waals surface area contributed by atoms with E-state index in [0.717, 1.165) is 96.3 Å². The van der Waals surface area contributed by atoms with Gasteiger partial charge in [-0.1, -0.05) is 183 Å². The molecule has 6 heteroatoms. The first-order valence-electron chi connectivity index (χ1n) is 23.6. The number of rotatable bonds is 41. The molecule has 0 aromatic carbocycles. The van der Waals surface area contributed by atoms with Gasteiger partial charge in [-0.15, -0.1) is 0 Å². The molecule has 0 aliphatic rings. The first-order chi connectivity index (χ1) is 28.5. The summed E-state index contributed by atoms with van der Waals surface area (Å²) in [6.45, 7) is 6.36. The normalized spacial score (nSPS) is 12.8. The Hall–Kier alpha value is -3.41. The number of unbranched alkanes of at least 4 members (excludes halogenated alkanes) is 19. The lowest BCUT2D eigenvalue weighted by atomic mass is 10.1. The predicted octanol–water partition coefficient (Wildman–Crippen LogP) is 15.3. The Balaban J connectivity index is 4.44. The van der Waals surface area contributed by atoms with E-state index in [1.807, 2.05) is 36.5 Å². The highest BCUT2D eigenvalue weighted by molar-refractivity contribution is 5.71. The average molecular weight is 807 g/mol. The predicted molar refractivity (Wildman–Crippen MR) is 247 cm³/mol. The van der Waals surface area contributed by atoms with Crippen LogP contribution in [0.3, 0.4) is 0 Å². The van der Waals surface area contributed by atoms with Crippen LogP contribution in [0.2, 0.25) is 0 Å². The molecule has 0 aromatic heterocycles. The van der Waals surface area contributed by atoms with E-state index in [0.29, 0.717) is 19.3 Å². The summed E-state index contributed by atoms with van der Waals surface area (Å²) >= 11 is 0. The Morgan fingerprint density at radius 3 is 1.28 bits per heavy atom. The average Bonchev–Trinajstić information content (AvgIpc) is 3.22. The fraction of sp³-hybridized carbons (Fsp3) is 0.673. The number of hydrogen-bond donors (Lipinski definition) is 0. The molecule has 0 amide bonds. The van der Waals surface area contributed by atoms with E-state index >= 15 is 0 Å². The van der Waals surface area contributed by atoms with Crippen molar-refractivity contribution in [1.29, 1.82) is 0 Å². The molecular weight excluding hydrogens is 721 g/mol. The molecule has 0 fully saturated rings. The maximum atomic E-state index is 12.7. The molecule has 0 aliphatic heterocycles. The van der Waals surface area contributed by atoms with Gasteiger partial charge in [-0.25, -0.2) is 0 Å². The maximum absolute atomic E-state index is 12.7. The quantitative estimate of drug-likeness (QED) is 0.0201. The molecule has 1 unspecified atom stereocenters. The number of allylic oxidation sites excluding steroid dienone is 14. The lowest BCUT2D eigenvalue weighted by Gasteiger charge is -2.18. The zero-order valence-electron chi connectivity index (χ0n) is 37.5. The molecule has 58 heavy (non-hydrogen) atoms. The summed E-state index contributed by atoms with van der Waals surface area (Å²) < 4.78 is 16.7. The topological polar surface area (TPSA) is 78.9 Å². The van der Waals surface area contributed by atoms with Gasteiger partial charge in [-0.3, -0.25) is 14.4 Å². The molecule has 0 spiro atoms. The van der Waals surface area contributed by atoms with E-state index < -0.39 is 6.10 Å². The minimum Gasteiger partial charge on any atom is -0.462 e. The summed E-state index contributed by atoms with van der Waals surface area (Å²) in [5.74, 6) is -0.969. The largest absolute Gasteiger partial charge is 0.462 e. The van der Waals surface area contributed by atoms with Crippen molar-refractivity contribution in [3.05, 3.63) is 85.1 Å². The van der Waals surface area contributed by atoms with Crippen LogP contribution < -0.4 is 0 Å². The van der Waals surface area contributed by atoms with Crippen molar-refractivity contribution in [3.8, 4) is 0 Å². The van der Waals surface area contributed by atoms with Gasteiger partial charge in [0.05, 0.1) is 0 Å². The fourth-order valence-electron chi connectivity index (χ4n) is 6.11. The zero-order chi connectivity index (χ0) is 42.3. The monoisotopic (exact) mass is 807 g/mol. The summed E-state index contributed by atoms with van der Waals surface area (Å²) in [6.07, 6.45) is 58.5. The van der Waals surface area contributed by atoms with Crippen LogP contribution in [-0.4, -0.2) is 37.2 Å². The van der Waals surface area contributed by atoms with E-state index in [-0.39, 0.29) is 37.5 Å². The van der Waals surface area contributed by atoms with Crippen LogP contribution in [0.5, 0.6) is 0 Å². The van der Waals surface area contributed by atoms with Gasteiger partial charge in [-0.2, -0.15) is 0 Å². The third-order valence-corrected chi connectivity index (χ3v) is 9.70. The Morgan fingerprint density at radius 2 is 0.759 bits per heavy atom. The highest BCUT2D eigenvalue weighted by atomic mass is 16.6. The van der Waals surface area contributed by atoms with Gasteiger partial charge < -0.3 is 14.2 Å². The van der Waals surface area contributed by atoms with Crippen molar-refractivity contribution >= 4 is 17.9 Å². The van der Waals surface area contributed by atoms with Gasteiger partial charge in [0.2, 0.25) is 0 Å². The van der Waals surface area contributed by atoms with Crippen LogP contribution in [0.1, 0.15) is 207 Å². The van der Waals surface area contributed by atoms with Gasteiger partial charge in [0.25, 0.3) is 0 Å². The Labute approximate surface area is 356 Å². The molecule has 0 radical (unpaired) electrons. The van der Waals surface area contributed by atoms with Crippen LogP contribution >= 0.6 is 0 Å². The number of esters is 3. The molecule has 0 heterocycles. The van der Waals surface area contributed by atoms with Crippen LogP contribution in [0.4, 0.5) is 0 Å². The van der Waals surface area contributed by atoms with Crippen molar-refractivity contribution in [2.45, 2.75) is 213 Å². The van der Waals surface area contributed by atoms with E-state index in [4.69, 9.17) is 14.2 Å². The van der Waals surface area contributed by atoms with Gasteiger partial charge >= 0.3 is 17.9 Å². The molecular formula is C52H86O6. The van der Waals surface area contributed by atoms with E-state index in [2.05, 4.69) is 69.4 Å². The van der Waals surface area contributed by atoms with E-state index in [1.54, 1.807) is 0 Å². The number of hydrogen-bond acceptors (Lipinski definition) is 6. The molecule has 0 saturated carbocycles. The summed E-state index contributed by atoms with van der Waals surface area (Å²) in [6, 6.07) is 0. The van der Waals surface area contributed by atoms with Crippen molar-refractivity contribution in [3.63, 3.8) is 0 Å². The van der Waals surface area contributed by atoms with E-state index in [1.165, 1.54) is 64.2 Å². The molecule has 330 valence electrons. The third kappa shape index (κ3) is 43.7. The van der Waals surface area contributed by atoms with Gasteiger partial charge in [0, 0.05) is 19.3 Å². The highest BCUT2D eigenvalue weighted by Gasteiger charge is 2.19. The lowest BCUT2D eigenvalue weighted by Crippen LogP contribution is -2.30. The Morgan fingerprint density at radius 1 is 0.379 bits per heavy atom. The second-order valence-corrected chi connectivity index (χ2v) is 15.4. The standard InChI is InChI=1S/C52H86O6/c1-4-7-10-13-16-19-22-24-25-26-27-29-30-33-36-39-42-45-51(54)57-48-49(47-56-50(53)44-41-38-35-32-21-18-15-12-9-6-3)58-52(55)46-43-40-37-34-31-28-23-20-17-14-11-8-5-2/h8,11,14-20,23-25,28,31,49H,4-7,9-10,12-13,21-22,26-27,29-30,32-48H2,1-3H3/b11-8-,17-14-,18-15-,19-16-,23-20-,25-24-,31-28-. The summed E-state index contributed by atoms with van der Waals surface area (Å²) in [4.78, 5) is 37.8. The minimum atomic E-state index is -0.803. The van der Waals surface area contributed by atoms with Crippen LogP contribution in [0.25, 0.3) is 0 Å².